The summed E-state index contributed by atoms with van der Waals surface area (Å²) in [7, 11) is 0. The number of hydrogen-bond acceptors (Lipinski definition) is 4. The van der Waals surface area contributed by atoms with Gasteiger partial charge in [0.05, 0.1) is 23.2 Å². The third kappa shape index (κ3) is 3.61. The van der Waals surface area contributed by atoms with Crippen LogP contribution in [0, 0.1) is 12.3 Å². The highest BCUT2D eigenvalue weighted by atomic mass is 16.5. The zero-order chi connectivity index (χ0) is 17.7. The Bertz CT molecular complexity index is 587. The first-order chi connectivity index (χ1) is 11.4. The molecule has 7 nitrogen and oxygen atoms in total. The minimum Gasteiger partial charge on any atom is -0.481 e. The number of ether oxygens (including phenoxy) is 1. The molecule has 0 aliphatic carbocycles. The van der Waals surface area contributed by atoms with Gasteiger partial charge in [-0.05, 0) is 32.6 Å². The molecule has 2 rings (SSSR count). The van der Waals surface area contributed by atoms with E-state index in [9.17, 15) is 14.7 Å². The molecule has 2 N–H and O–H groups in total. The van der Waals surface area contributed by atoms with Gasteiger partial charge in [0.15, 0.2) is 0 Å². The van der Waals surface area contributed by atoms with Crippen molar-refractivity contribution < 1.29 is 19.4 Å². The Kier molecular flexibility index (Phi) is 5.99. The van der Waals surface area contributed by atoms with Gasteiger partial charge < -0.3 is 15.2 Å². The van der Waals surface area contributed by atoms with E-state index in [2.05, 4.69) is 24.3 Å². The summed E-state index contributed by atoms with van der Waals surface area (Å²) in [5.74, 6) is -1.15. The molecule has 0 bridgehead atoms. The lowest BCUT2D eigenvalue weighted by Gasteiger charge is -2.33. The molecule has 0 aromatic carbocycles. The number of carboxylic acid groups (broad SMARTS) is 1. The maximum Gasteiger partial charge on any atom is 0.311 e. The number of nitrogens with one attached hydrogen (secondary N) is 1. The third-order valence-electron chi connectivity index (χ3n) is 5.07. The van der Waals surface area contributed by atoms with Crippen LogP contribution in [0.15, 0.2) is 6.20 Å². The number of amides is 1. The summed E-state index contributed by atoms with van der Waals surface area (Å²) in [6, 6.07) is 0.271. The molecule has 0 radical (unpaired) electrons. The standard InChI is InChI=1S/C17H27N3O4/c1-4-13(5-2)20-12(3)14(10-19-20)15(21)18-11-17(16(22)23)6-8-24-9-7-17/h10,13H,4-9,11H2,1-3H3,(H,18,21)(H,22,23). The summed E-state index contributed by atoms with van der Waals surface area (Å²) >= 11 is 0. The molecule has 1 amide bonds. The highest BCUT2D eigenvalue weighted by molar-refractivity contribution is 5.95. The Labute approximate surface area is 142 Å². The lowest BCUT2D eigenvalue weighted by molar-refractivity contribution is -0.154. The predicted molar refractivity (Wildman–Crippen MR) is 89.0 cm³/mol. The van der Waals surface area contributed by atoms with E-state index >= 15 is 0 Å². The largest absolute Gasteiger partial charge is 0.481 e. The lowest BCUT2D eigenvalue weighted by atomic mass is 9.80. The van der Waals surface area contributed by atoms with Crippen LogP contribution in [-0.2, 0) is 9.53 Å². The number of aromatic nitrogens is 2. The first kappa shape index (κ1) is 18.4. The van der Waals surface area contributed by atoms with Gasteiger partial charge in [-0.15, -0.1) is 0 Å². The van der Waals surface area contributed by atoms with Gasteiger partial charge in [0, 0.05) is 25.5 Å². The second kappa shape index (κ2) is 7.79. The Morgan fingerprint density at radius 2 is 2.00 bits per heavy atom. The summed E-state index contributed by atoms with van der Waals surface area (Å²) in [4.78, 5) is 24.1. The van der Waals surface area contributed by atoms with Crippen LogP contribution >= 0.6 is 0 Å². The number of carbonyl (C=O) groups excluding carboxylic acids is 1. The quantitative estimate of drug-likeness (QED) is 0.795. The lowest BCUT2D eigenvalue weighted by Crippen LogP contribution is -2.46. The van der Waals surface area contributed by atoms with Crippen LogP contribution in [0.3, 0.4) is 0 Å². The maximum absolute atomic E-state index is 12.5. The zero-order valence-electron chi connectivity index (χ0n) is 14.7. The van der Waals surface area contributed by atoms with Crippen molar-refractivity contribution in [3.8, 4) is 0 Å². The Hall–Kier alpha value is -1.89. The molecular weight excluding hydrogens is 310 g/mol. The van der Waals surface area contributed by atoms with Crippen LogP contribution in [0.1, 0.15) is 61.6 Å². The van der Waals surface area contributed by atoms with Crippen molar-refractivity contribution in [2.75, 3.05) is 19.8 Å². The van der Waals surface area contributed by atoms with Crippen molar-refractivity contribution >= 4 is 11.9 Å². The first-order valence-corrected chi connectivity index (χ1v) is 8.58. The van der Waals surface area contributed by atoms with E-state index in [1.165, 1.54) is 0 Å². The van der Waals surface area contributed by atoms with Crippen molar-refractivity contribution in [3.63, 3.8) is 0 Å². The van der Waals surface area contributed by atoms with E-state index in [0.29, 0.717) is 31.6 Å². The maximum atomic E-state index is 12.5. The molecule has 134 valence electrons. The van der Waals surface area contributed by atoms with E-state index in [1.54, 1.807) is 6.20 Å². The number of hydrogen-bond donors (Lipinski definition) is 2. The van der Waals surface area contributed by atoms with Gasteiger partial charge in [-0.1, -0.05) is 13.8 Å². The van der Waals surface area contributed by atoms with Crippen LogP contribution in [0.4, 0.5) is 0 Å². The summed E-state index contributed by atoms with van der Waals surface area (Å²) in [5.41, 5.74) is 0.389. The van der Waals surface area contributed by atoms with Crippen LogP contribution in [-0.4, -0.2) is 46.5 Å². The molecule has 0 atom stereocenters. The van der Waals surface area contributed by atoms with Gasteiger partial charge in [0.2, 0.25) is 0 Å². The van der Waals surface area contributed by atoms with Gasteiger partial charge in [0.25, 0.3) is 5.91 Å². The smallest absolute Gasteiger partial charge is 0.311 e. The molecule has 24 heavy (non-hydrogen) atoms. The molecule has 0 saturated carbocycles. The molecular formula is C17H27N3O4. The van der Waals surface area contributed by atoms with Crippen molar-refractivity contribution in [1.29, 1.82) is 0 Å². The Balaban J connectivity index is 2.08. The summed E-state index contributed by atoms with van der Waals surface area (Å²) in [6.07, 6.45) is 4.29. The van der Waals surface area contributed by atoms with Crippen LogP contribution < -0.4 is 5.32 Å². The van der Waals surface area contributed by atoms with Crippen molar-refractivity contribution in [2.45, 2.75) is 52.5 Å². The fourth-order valence-corrected chi connectivity index (χ4v) is 3.22. The first-order valence-electron chi connectivity index (χ1n) is 8.58. The average Bonchev–Trinajstić information content (AvgIpc) is 2.96. The second-order valence-corrected chi connectivity index (χ2v) is 6.44. The van der Waals surface area contributed by atoms with Crippen LogP contribution in [0.5, 0.6) is 0 Å². The molecule has 1 aliphatic rings. The SMILES string of the molecule is CCC(CC)n1ncc(C(=O)NCC2(C(=O)O)CCOCC2)c1C. The molecule has 1 aliphatic heterocycles. The molecule has 2 heterocycles. The van der Waals surface area contributed by atoms with Crippen LogP contribution in [0.25, 0.3) is 0 Å². The van der Waals surface area contributed by atoms with Crippen molar-refractivity contribution in [3.05, 3.63) is 17.5 Å². The van der Waals surface area contributed by atoms with Crippen molar-refractivity contribution in [1.82, 2.24) is 15.1 Å². The molecule has 0 unspecified atom stereocenters. The van der Waals surface area contributed by atoms with Gasteiger partial charge in [-0.2, -0.15) is 5.10 Å². The highest BCUT2D eigenvalue weighted by Gasteiger charge is 2.40. The van der Waals surface area contributed by atoms with E-state index < -0.39 is 11.4 Å². The molecule has 1 saturated heterocycles. The minimum atomic E-state index is -0.937. The predicted octanol–water partition coefficient (Wildman–Crippen LogP) is 2.16. The van der Waals surface area contributed by atoms with Crippen molar-refractivity contribution in [2.24, 2.45) is 5.41 Å². The molecule has 7 heteroatoms. The van der Waals surface area contributed by atoms with Gasteiger partial charge >= 0.3 is 5.97 Å². The topological polar surface area (TPSA) is 93.5 Å². The van der Waals surface area contributed by atoms with E-state index in [4.69, 9.17) is 4.74 Å². The zero-order valence-corrected chi connectivity index (χ0v) is 14.7. The molecule has 1 aromatic heterocycles. The highest BCUT2D eigenvalue weighted by Crippen LogP contribution is 2.30. The monoisotopic (exact) mass is 337 g/mol. The van der Waals surface area contributed by atoms with Gasteiger partial charge in [0.1, 0.15) is 0 Å². The number of carbonyl (C=O) groups is 2. The third-order valence-corrected chi connectivity index (χ3v) is 5.07. The fourth-order valence-electron chi connectivity index (χ4n) is 3.22. The number of rotatable bonds is 7. The molecule has 0 spiro atoms. The van der Waals surface area contributed by atoms with Gasteiger partial charge in [-0.3, -0.25) is 14.3 Å². The molecule has 1 aromatic rings. The Morgan fingerprint density at radius 3 is 2.54 bits per heavy atom. The average molecular weight is 337 g/mol. The van der Waals surface area contributed by atoms with E-state index in [-0.39, 0.29) is 18.5 Å². The van der Waals surface area contributed by atoms with E-state index in [1.807, 2.05) is 11.6 Å². The minimum absolute atomic E-state index is 0.111. The molecule has 1 fully saturated rings. The van der Waals surface area contributed by atoms with E-state index in [0.717, 1.165) is 18.5 Å². The van der Waals surface area contributed by atoms with Gasteiger partial charge in [-0.25, -0.2) is 0 Å². The van der Waals surface area contributed by atoms with Crippen LogP contribution in [0.2, 0.25) is 0 Å². The second-order valence-electron chi connectivity index (χ2n) is 6.44. The summed E-state index contributed by atoms with van der Waals surface area (Å²) in [5, 5.41) is 16.7. The fraction of sp³-hybridized carbons (Fsp3) is 0.706. The number of nitrogens with zero attached hydrogens (tertiary/aromatic N) is 2. The number of carboxylic acids is 1. The summed E-state index contributed by atoms with van der Waals surface area (Å²) in [6.45, 7) is 7.00. The normalized spacial score (nSPS) is 17.0. The number of aliphatic carboxylic acids is 1. The summed E-state index contributed by atoms with van der Waals surface area (Å²) < 4.78 is 7.14. The Morgan fingerprint density at radius 1 is 1.38 bits per heavy atom.